The first-order chi connectivity index (χ1) is 17.5. The number of hydrazone groups is 1. The van der Waals surface area contributed by atoms with Gasteiger partial charge in [-0.05, 0) is 55.0 Å². The van der Waals surface area contributed by atoms with Crippen LogP contribution < -0.4 is 14.5 Å². The molecule has 1 heterocycles. The Balaban J connectivity index is 1.68. The standard InChI is InChI=1S/C25H17ClF3N3O5/c1-14-18(24(33)31(30-14)17-6-4-3-5-7-17)10-15-11-19(26)23(22(12-15)36-2)37-21-9-8-16(25(27,28)29)13-20(21)32(34)35/h3-13H,1-2H3/b18-10+. The molecule has 0 bridgehead atoms. The van der Waals surface area contributed by atoms with Crippen LogP contribution in [0.5, 0.6) is 17.2 Å². The van der Waals surface area contributed by atoms with Crippen molar-refractivity contribution in [3.63, 3.8) is 0 Å². The number of methoxy groups -OCH3 is 1. The van der Waals surface area contributed by atoms with Crippen LogP contribution in [0.15, 0.2) is 71.3 Å². The fraction of sp³-hybridized carbons (Fsp3) is 0.120. The van der Waals surface area contributed by atoms with E-state index in [0.29, 0.717) is 34.7 Å². The summed E-state index contributed by atoms with van der Waals surface area (Å²) in [4.78, 5) is 23.4. The van der Waals surface area contributed by atoms with E-state index in [1.807, 2.05) is 6.07 Å². The van der Waals surface area contributed by atoms with Crippen LogP contribution in [-0.4, -0.2) is 23.7 Å². The predicted molar refractivity (Wildman–Crippen MR) is 131 cm³/mol. The molecule has 0 spiro atoms. The molecule has 0 fully saturated rings. The van der Waals surface area contributed by atoms with Gasteiger partial charge in [0.2, 0.25) is 5.75 Å². The molecule has 0 radical (unpaired) electrons. The molecular formula is C25H17ClF3N3O5. The van der Waals surface area contributed by atoms with Crippen LogP contribution in [0.25, 0.3) is 6.08 Å². The van der Waals surface area contributed by atoms with E-state index in [0.717, 1.165) is 6.07 Å². The van der Waals surface area contributed by atoms with Gasteiger partial charge in [0.05, 0.1) is 39.6 Å². The molecule has 0 aromatic heterocycles. The normalized spacial score (nSPS) is 14.6. The van der Waals surface area contributed by atoms with Gasteiger partial charge in [-0.2, -0.15) is 23.3 Å². The minimum atomic E-state index is -4.77. The second-order valence-electron chi connectivity index (χ2n) is 7.77. The summed E-state index contributed by atoms with van der Waals surface area (Å²) in [6, 6.07) is 13.6. The van der Waals surface area contributed by atoms with E-state index in [9.17, 15) is 28.1 Å². The van der Waals surface area contributed by atoms with Crippen LogP contribution in [0.4, 0.5) is 24.5 Å². The number of nitrogens with zero attached hydrogens (tertiary/aromatic N) is 3. The summed E-state index contributed by atoms with van der Waals surface area (Å²) in [5, 5.41) is 16.9. The highest BCUT2D eigenvalue weighted by molar-refractivity contribution is 6.33. The Hall–Kier alpha value is -4.38. The maximum absolute atomic E-state index is 13.0. The predicted octanol–water partition coefficient (Wildman–Crippen LogP) is 6.87. The van der Waals surface area contributed by atoms with E-state index in [4.69, 9.17) is 21.1 Å². The topological polar surface area (TPSA) is 94.3 Å². The summed E-state index contributed by atoms with van der Waals surface area (Å²) in [6.45, 7) is 1.67. The second-order valence-corrected chi connectivity index (χ2v) is 8.18. The van der Waals surface area contributed by atoms with E-state index in [-0.39, 0.29) is 22.4 Å². The number of carbonyl (C=O) groups excluding carboxylic acids is 1. The maximum atomic E-state index is 13.0. The number of ether oxygens (including phenoxy) is 2. The highest BCUT2D eigenvalue weighted by Gasteiger charge is 2.34. The summed E-state index contributed by atoms with van der Waals surface area (Å²) in [5.41, 5.74) is -0.312. The van der Waals surface area contributed by atoms with E-state index in [1.54, 1.807) is 37.3 Å². The molecule has 1 aliphatic heterocycles. The van der Waals surface area contributed by atoms with Gasteiger partial charge in [0.1, 0.15) is 0 Å². The minimum Gasteiger partial charge on any atom is -0.493 e. The number of amides is 1. The lowest BCUT2D eigenvalue weighted by atomic mass is 10.1. The Morgan fingerprint density at radius 3 is 2.41 bits per heavy atom. The van der Waals surface area contributed by atoms with E-state index >= 15 is 0 Å². The largest absolute Gasteiger partial charge is 0.493 e. The average Bonchev–Trinajstić information content (AvgIpc) is 3.13. The van der Waals surface area contributed by atoms with Gasteiger partial charge in [-0.3, -0.25) is 14.9 Å². The Morgan fingerprint density at radius 1 is 1.08 bits per heavy atom. The van der Waals surface area contributed by atoms with Crippen molar-refractivity contribution in [2.75, 3.05) is 12.1 Å². The van der Waals surface area contributed by atoms with Crippen molar-refractivity contribution in [1.82, 2.24) is 0 Å². The number of alkyl halides is 3. The van der Waals surface area contributed by atoms with Crippen molar-refractivity contribution in [3.8, 4) is 17.2 Å². The minimum absolute atomic E-state index is 0.0356. The summed E-state index contributed by atoms with van der Waals surface area (Å²) in [7, 11) is 1.29. The number of halogens is 4. The summed E-state index contributed by atoms with van der Waals surface area (Å²) >= 11 is 6.37. The molecule has 0 N–H and O–H groups in total. The molecule has 4 rings (SSSR count). The van der Waals surface area contributed by atoms with E-state index < -0.39 is 28.1 Å². The Labute approximate surface area is 213 Å². The van der Waals surface area contributed by atoms with Crippen molar-refractivity contribution in [3.05, 3.63) is 92.5 Å². The second kappa shape index (κ2) is 9.94. The third kappa shape index (κ3) is 5.26. The molecular weight excluding hydrogens is 515 g/mol. The van der Waals surface area contributed by atoms with Crippen molar-refractivity contribution in [1.29, 1.82) is 0 Å². The van der Waals surface area contributed by atoms with Crippen LogP contribution >= 0.6 is 11.6 Å². The quantitative estimate of drug-likeness (QED) is 0.196. The van der Waals surface area contributed by atoms with Crippen LogP contribution in [0, 0.1) is 10.1 Å². The fourth-order valence-electron chi connectivity index (χ4n) is 3.55. The third-order valence-corrected chi connectivity index (χ3v) is 5.60. The number of hydrogen-bond donors (Lipinski definition) is 0. The number of benzene rings is 3. The van der Waals surface area contributed by atoms with Gasteiger partial charge in [-0.1, -0.05) is 29.8 Å². The lowest BCUT2D eigenvalue weighted by Crippen LogP contribution is -2.21. The van der Waals surface area contributed by atoms with Gasteiger partial charge in [-0.15, -0.1) is 0 Å². The zero-order valence-corrected chi connectivity index (χ0v) is 20.0. The highest BCUT2D eigenvalue weighted by Crippen LogP contribution is 2.44. The lowest BCUT2D eigenvalue weighted by molar-refractivity contribution is -0.385. The van der Waals surface area contributed by atoms with Gasteiger partial charge < -0.3 is 9.47 Å². The van der Waals surface area contributed by atoms with Crippen LogP contribution in [-0.2, 0) is 11.0 Å². The van der Waals surface area contributed by atoms with Gasteiger partial charge in [-0.25, -0.2) is 0 Å². The molecule has 37 heavy (non-hydrogen) atoms. The summed E-state index contributed by atoms with van der Waals surface area (Å²) in [6.07, 6.45) is -3.23. The number of hydrogen-bond acceptors (Lipinski definition) is 6. The number of rotatable bonds is 6. The van der Waals surface area contributed by atoms with Crippen molar-refractivity contribution < 1.29 is 32.4 Å². The zero-order chi connectivity index (χ0) is 26.9. The number of nitro groups is 1. The first-order valence-electron chi connectivity index (χ1n) is 10.6. The summed E-state index contributed by atoms with van der Waals surface area (Å²) < 4.78 is 49.9. The van der Waals surface area contributed by atoms with Crippen molar-refractivity contribution >= 4 is 40.7 Å². The number of anilines is 1. The third-order valence-electron chi connectivity index (χ3n) is 5.32. The number of nitro benzene ring substituents is 1. The SMILES string of the molecule is COc1cc(/C=C2/C(=O)N(c3ccccc3)N=C2C)cc(Cl)c1Oc1ccc(C(F)(F)F)cc1[N+](=O)[O-]. The van der Waals surface area contributed by atoms with Crippen LogP contribution in [0.2, 0.25) is 5.02 Å². The van der Waals surface area contributed by atoms with Gasteiger partial charge in [0.15, 0.2) is 11.5 Å². The molecule has 0 saturated carbocycles. The molecule has 0 aliphatic carbocycles. The number of para-hydroxylation sites is 1. The van der Waals surface area contributed by atoms with Crippen molar-refractivity contribution in [2.24, 2.45) is 5.10 Å². The molecule has 0 atom stereocenters. The Kier molecular flexibility index (Phi) is 6.90. The smallest absolute Gasteiger partial charge is 0.416 e. The van der Waals surface area contributed by atoms with E-state index in [2.05, 4.69) is 5.10 Å². The Bertz CT molecular complexity index is 1460. The first-order valence-corrected chi connectivity index (χ1v) is 10.9. The molecule has 190 valence electrons. The molecule has 1 amide bonds. The summed E-state index contributed by atoms with van der Waals surface area (Å²) in [5.74, 6) is -0.937. The van der Waals surface area contributed by atoms with Crippen LogP contribution in [0.1, 0.15) is 18.1 Å². The van der Waals surface area contributed by atoms with E-state index in [1.165, 1.54) is 24.3 Å². The molecule has 3 aromatic carbocycles. The molecule has 8 nitrogen and oxygen atoms in total. The fourth-order valence-corrected chi connectivity index (χ4v) is 3.81. The molecule has 0 saturated heterocycles. The monoisotopic (exact) mass is 531 g/mol. The molecule has 0 unspecified atom stereocenters. The number of carbonyl (C=O) groups is 1. The van der Waals surface area contributed by atoms with Gasteiger partial charge in [0, 0.05) is 6.07 Å². The molecule has 12 heteroatoms. The first kappa shape index (κ1) is 25.7. The average molecular weight is 532 g/mol. The van der Waals surface area contributed by atoms with Crippen LogP contribution in [0.3, 0.4) is 0 Å². The molecule has 1 aliphatic rings. The Morgan fingerprint density at radius 2 is 1.78 bits per heavy atom. The van der Waals surface area contributed by atoms with Gasteiger partial charge >= 0.3 is 11.9 Å². The zero-order valence-electron chi connectivity index (χ0n) is 19.2. The maximum Gasteiger partial charge on any atom is 0.416 e. The lowest BCUT2D eigenvalue weighted by Gasteiger charge is -2.14. The highest BCUT2D eigenvalue weighted by atomic mass is 35.5. The van der Waals surface area contributed by atoms with Gasteiger partial charge in [0.25, 0.3) is 5.91 Å². The van der Waals surface area contributed by atoms with Crippen molar-refractivity contribution in [2.45, 2.75) is 13.1 Å². The molecule has 3 aromatic rings.